The fourth-order valence-electron chi connectivity index (χ4n) is 5.73. The van der Waals surface area contributed by atoms with E-state index in [0.29, 0.717) is 36.5 Å². The molecule has 1 unspecified atom stereocenters. The minimum Gasteiger partial charge on any atom is -0.334 e. The number of aryl methyl sites for hydroxylation is 2. The predicted molar refractivity (Wildman–Crippen MR) is 132 cm³/mol. The summed E-state index contributed by atoms with van der Waals surface area (Å²) in [5.74, 6) is 1.29. The second-order valence-corrected chi connectivity index (χ2v) is 11.3. The summed E-state index contributed by atoms with van der Waals surface area (Å²) in [6.45, 7) is 9.41. The topological polar surface area (TPSA) is 56.4 Å². The number of nitrogens with zero attached hydrogens (tertiary/aromatic N) is 2. The third-order valence-electron chi connectivity index (χ3n) is 7.80. The van der Waals surface area contributed by atoms with Crippen molar-refractivity contribution in [2.75, 3.05) is 20.6 Å². The standard InChI is InChI=1S/C26H37N3O2S/c1-15-13-16(2)27-25(30)21(15)14-29-12-11-22-23(26(29)31)18(4)24(32-22)17(3)19-7-9-20(10-8-19)28(5)6/h13,17,19-20H,7-12,14H2,1-6H3,(H,27,30). The van der Waals surface area contributed by atoms with Gasteiger partial charge in [0.2, 0.25) is 0 Å². The highest BCUT2D eigenvalue weighted by Crippen LogP contribution is 2.43. The van der Waals surface area contributed by atoms with Crippen molar-refractivity contribution in [1.29, 1.82) is 0 Å². The lowest BCUT2D eigenvalue weighted by molar-refractivity contribution is 0.0727. The summed E-state index contributed by atoms with van der Waals surface area (Å²) in [5.41, 5.74) is 4.52. The molecule has 0 saturated heterocycles. The zero-order valence-corrected chi connectivity index (χ0v) is 21.2. The molecular formula is C26H37N3O2S. The number of fused-ring (bicyclic) bond motifs is 1. The van der Waals surface area contributed by atoms with E-state index in [1.807, 2.05) is 36.2 Å². The molecule has 0 bridgehead atoms. The molecule has 2 aromatic heterocycles. The Labute approximate surface area is 195 Å². The van der Waals surface area contributed by atoms with Crippen molar-refractivity contribution < 1.29 is 4.79 Å². The first-order valence-corrected chi connectivity index (χ1v) is 12.8. The van der Waals surface area contributed by atoms with Crippen LogP contribution in [0.1, 0.15) is 81.0 Å². The number of nitrogens with one attached hydrogen (secondary N) is 1. The van der Waals surface area contributed by atoms with Crippen molar-refractivity contribution in [2.45, 2.75) is 78.3 Å². The van der Waals surface area contributed by atoms with Gasteiger partial charge in [-0.05, 0) is 89.6 Å². The van der Waals surface area contributed by atoms with E-state index in [1.54, 1.807) is 0 Å². The summed E-state index contributed by atoms with van der Waals surface area (Å²) in [4.78, 5) is 35.7. The Balaban J connectivity index is 1.53. The minimum absolute atomic E-state index is 0.0780. The molecule has 4 rings (SSSR count). The number of thiophene rings is 1. The van der Waals surface area contributed by atoms with Crippen molar-refractivity contribution in [3.8, 4) is 0 Å². The van der Waals surface area contributed by atoms with Gasteiger partial charge in [0.15, 0.2) is 0 Å². The van der Waals surface area contributed by atoms with Gasteiger partial charge >= 0.3 is 0 Å². The van der Waals surface area contributed by atoms with E-state index >= 15 is 0 Å². The summed E-state index contributed by atoms with van der Waals surface area (Å²) in [7, 11) is 4.38. The third-order valence-corrected chi connectivity index (χ3v) is 9.35. The van der Waals surface area contributed by atoms with Crippen LogP contribution in [0, 0.1) is 26.7 Å². The van der Waals surface area contributed by atoms with Crippen LogP contribution in [0.3, 0.4) is 0 Å². The Bertz CT molecular complexity index is 1060. The lowest BCUT2D eigenvalue weighted by Gasteiger charge is -2.35. The Kier molecular flexibility index (Phi) is 6.64. The molecule has 1 atom stereocenters. The molecule has 1 aliphatic carbocycles. The van der Waals surface area contributed by atoms with Crippen molar-refractivity contribution in [1.82, 2.24) is 14.8 Å². The Morgan fingerprint density at radius 2 is 1.84 bits per heavy atom. The van der Waals surface area contributed by atoms with Crippen LogP contribution in [0.5, 0.6) is 0 Å². The average molecular weight is 456 g/mol. The fourth-order valence-corrected chi connectivity index (χ4v) is 7.17. The molecule has 2 aliphatic rings. The van der Waals surface area contributed by atoms with Crippen LogP contribution < -0.4 is 5.56 Å². The maximum atomic E-state index is 13.5. The second-order valence-electron chi connectivity index (χ2n) is 10.1. The molecule has 3 heterocycles. The zero-order chi connectivity index (χ0) is 23.2. The molecule has 0 aromatic carbocycles. The molecule has 1 fully saturated rings. The minimum atomic E-state index is -0.0780. The lowest BCUT2D eigenvalue weighted by Crippen LogP contribution is -2.38. The number of hydrogen-bond acceptors (Lipinski definition) is 4. The van der Waals surface area contributed by atoms with Crippen molar-refractivity contribution >= 4 is 17.2 Å². The SMILES string of the molecule is Cc1cc(C)c(CN2CCc3sc(C(C)C4CCC(N(C)C)CC4)c(C)c3C2=O)c(=O)[nH]1. The first-order chi connectivity index (χ1) is 15.2. The van der Waals surface area contributed by atoms with Gasteiger partial charge in [0.05, 0.1) is 12.1 Å². The smallest absolute Gasteiger partial charge is 0.255 e. The molecule has 1 saturated carbocycles. The van der Waals surface area contributed by atoms with Crippen LogP contribution in [-0.4, -0.2) is 47.4 Å². The number of aromatic amines is 1. The summed E-state index contributed by atoms with van der Waals surface area (Å²) in [6.07, 6.45) is 5.95. The van der Waals surface area contributed by atoms with Crippen LogP contribution in [0.4, 0.5) is 0 Å². The highest BCUT2D eigenvalue weighted by Gasteiger charge is 2.34. The number of aromatic nitrogens is 1. The highest BCUT2D eigenvalue weighted by atomic mass is 32.1. The lowest BCUT2D eigenvalue weighted by atomic mass is 9.77. The maximum absolute atomic E-state index is 13.5. The van der Waals surface area contributed by atoms with Crippen LogP contribution in [-0.2, 0) is 13.0 Å². The molecule has 32 heavy (non-hydrogen) atoms. The van der Waals surface area contributed by atoms with E-state index in [0.717, 1.165) is 23.2 Å². The van der Waals surface area contributed by atoms with Gasteiger partial charge < -0.3 is 14.8 Å². The van der Waals surface area contributed by atoms with Gasteiger partial charge in [-0.15, -0.1) is 11.3 Å². The van der Waals surface area contributed by atoms with E-state index in [4.69, 9.17) is 0 Å². The van der Waals surface area contributed by atoms with Crippen LogP contribution in [0.15, 0.2) is 10.9 Å². The van der Waals surface area contributed by atoms with Gasteiger partial charge in [0.25, 0.3) is 11.5 Å². The molecule has 1 N–H and O–H groups in total. The van der Waals surface area contributed by atoms with Crippen molar-refractivity contribution in [3.63, 3.8) is 0 Å². The summed E-state index contributed by atoms with van der Waals surface area (Å²) in [6, 6.07) is 2.69. The second kappa shape index (κ2) is 9.14. The predicted octanol–water partition coefficient (Wildman–Crippen LogP) is 4.78. The first-order valence-electron chi connectivity index (χ1n) is 11.9. The number of amides is 1. The van der Waals surface area contributed by atoms with Gasteiger partial charge in [0.1, 0.15) is 0 Å². The third kappa shape index (κ3) is 4.32. The Morgan fingerprint density at radius 3 is 2.47 bits per heavy atom. The van der Waals surface area contributed by atoms with Crippen LogP contribution >= 0.6 is 11.3 Å². The van der Waals surface area contributed by atoms with E-state index in [9.17, 15) is 9.59 Å². The molecule has 5 nitrogen and oxygen atoms in total. The summed E-state index contributed by atoms with van der Waals surface area (Å²) >= 11 is 1.87. The number of carbonyl (C=O) groups excluding carboxylic acids is 1. The van der Waals surface area contributed by atoms with Gasteiger partial charge in [-0.3, -0.25) is 9.59 Å². The maximum Gasteiger partial charge on any atom is 0.255 e. The van der Waals surface area contributed by atoms with Crippen LogP contribution in [0.25, 0.3) is 0 Å². The fraction of sp³-hybridized carbons (Fsp3) is 0.615. The summed E-state index contributed by atoms with van der Waals surface area (Å²) in [5, 5.41) is 0. The van der Waals surface area contributed by atoms with Gasteiger partial charge in [-0.25, -0.2) is 0 Å². The number of rotatable bonds is 5. The number of pyridine rings is 1. The monoisotopic (exact) mass is 455 g/mol. The molecule has 6 heteroatoms. The quantitative estimate of drug-likeness (QED) is 0.706. The van der Waals surface area contributed by atoms with E-state index in [1.165, 1.54) is 41.0 Å². The number of hydrogen-bond donors (Lipinski definition) is 1. The van der Waals surface area contributed by atoms with E-state index in [2.05, 4.69) is 37.8 Å². The molecule has 2 aromatic rings. The van der Waals surface area contributed by atoms with E-state index < -0.39 is 0 Å². The van der Waals surface area contributed by atoms with Gasteiger partial charge in [-0.2, -0.15) is 0 Å². The van der Waals surface area contributed by atoms with Crippen molar-refractivity contribution in [3.05, 3.63) is 54.1 Å². The van der Waals surface area contributed by atoms with Crippen molar-refractivity contribution in [2.24, 2.45) is 5.92 Å². The summed E-state index contributed by atoms with van der Waals surface area (Å²) < 4.78 is 0. The molecular weight excluding hydrogens is 418 g/mol. The molecule has 0 radical (unpaired) electrons. The van der Waals surface area contributed by atoms with Gasteiger partial charge in [0, 0.05) is 40.0 Å². The van der Waals surface area contributed by atoms with Crippen LogP contribution in [0.2, 0.25) is 0 Å². The zero-order valence-electron chi connectivity index (χ0n) is 20.4. The normalized spacial score (nSPS) is 22.3. The molecule has 1 aliphatic heterocycles. The molecule has 0 spiro atoms. The van der Waals surface area contributed by atoms with E-state index in [-0.39, 0.29) is 11.5 Å². The number of carbonyl (C=O) groups is 1. The molecule has 1 amide bonds. The largest absolute Gasteiger partial charge is 0.334 e. The number of H-pyrrole nitrogens is 1. The first kappa shape index (κ1) is 23.2. The average Bonchev–Trinajstić information content (AvgIpc) is 3.08. The Morgan fingerprint density at radius 1 is 1.16 bits per heavy atom. The van der Waals surface area contributed by atoms with Gasteiger partial charge in [-0.1, -0.05) is 6.92 Å². The highest BCUT2D eigenvalue weighted by molar-refractivity contribution is 7.12. The molecule has 174 valence electrons. The Hall–Kier alpha value is -1.92.